The van der Waals surface area contributed by atoms with Crippen molar-refractivity contribution in [2.24, 2.45) is 5.73 Å². The fourth-order valence-electron chi connectivity index (χ4n) is 1.65. The molecule has 0 bridgehead atoms. The van der Waals surface area contributed by atoms with Gasteiger partial charge in [0.15, 0.2) is 11.7 Å². The minimum atomic E-state index is 0.548. The fourth-order valence-corrected chi connectivity index (χ4v) is 1.65. The van der Waals surface area contributed by atoms with Crippen molar-refractivity contribution in [2.45, 2.75) is 26.8 Å². The van der Waals surface area contributed by atoms with Gasteiger partial charge < -0.3 is 10.2 Å². The standard InChI is InChI=1S/C11H16N4O/c1-3-15-9(6-8(2)14-15)10-7-13-11(16-10)4-5-12/h6-7H,3-5,12H2,1-2H3. The van der Waals surface area contributed by atoms with Gasteiger partial charge in [-0.1, -0.05) is 0 Å². The molecule has 5 heteroatoms. The Morgan fingerprint density at radius 2 is 2.31 bits per heavy atom. The second-order valence-corrected chi connectivity index (χ2v) is 3.64. The Hall–Kier alpha value is -1.62. The lowest BCUT2D eigenvalue weighted by Crippen LogP contribution is -2.02. The predicted octanol–water partition coefficient (Wildman–Crippen LogP) is 1.37. The molecular weight excluding hydrogens is 204 g/mol. The van der Waals surface area contributed by atoms with Crippen molar-refractivity contribution in [3.05, 3.63) is 23.8 Å². The third-order valence-corrected chi connectivity index (χ3v) is 2.37. The highest BCUT2D eigenvalue weighted by Crippen LogP contribution is 2.21. The molecule has 2 heterocycles. The molecule has 5 nitrogen and oxygen atoms in total. The summed E-state index contributed by atoms with van der Waals surface area (Å²) in [5, 5.41) is 4.36. The number of oxazole rings is 1. The maximum atomic E-state index is 5.61. The lowest BCUT2D eigenvalue weighted by atomic mass is 10.3. The van der Waals surface area contributed by atoms with Crippen LogP contribution in [0.1, 0.15) is 18.5 Å². The second-order valence-electron chi connectivity index (χ2n) is 3.64. The van der Waals surface area contributed by atoms with E-state index < -0.39 is 0 Å². The van der Waals surface area contributed by atoms with Gasteiger partial charge >= 0.3 is 0 Å². The molecule has 0 aromatic carbocycles. The van der Waals surface area contributed by atoms with Crippen molar-refractivity contribution in [2.75, 3.05) is 6.54 Å². The van der Waals surface area contributed by atoms with E-state index in [2.05, 4.69) is 10.1 Å². The van der Waals surface area contributed by atoms with Crippen LogP contribution >= 0.6 is 0 Å². The number of aryl methyl sites for hydroxylation is 2. The van der Waals surface area contributed by atoms with E-state index in [1.807, 2.05) is 24.6 Å². The minimum Gasteiger partial charge on any atom is -0.439 e. The molecule has 2 aromatic heterocycles. The van der Waals surface area contributed by atoms with E-state index in [0.717, 1.165) is 23.7 Å². The van der Waals surface area contributed by atoms with Crippen LogP contribution in [0, 0.1) is 6.92 Å². The summed E-state index contributed by atoms with van der Waals surface area (Å²) in [4.78, 5) is 4.18. The van der Waals surface area contributed by atoms with Crippen molar-refractivity contribution in [1.82, 2.24) is 14.8 Å². The summed E-state index contributed by atoms with van der Waals surface area (Å²) in [6.07, 6.45) is 2.40. The monoisotopic (exact) mass is 220 g/mol. The van der Waals surface area contributed by atoms with E-state index in [0.29, 0.717) is 18.9 Å². The molecule has 0 aliphatic rings. The van der Waals surface area contributed by atoms with Crippen molar-refractivity contribution in [3.63, 3.8) is 0 Å². The van der Waals surface area contributed by atoms with Crippen molar-refractivity contribution in [1.29, 1.82) is 0 Å². The van der Waals surface area contributed by atoms with Gasteiger partial charge in [0.2, 0.25) is 0 Å². The number of hydrogen-bond acceptors (Lipinski definition) is 4. The molecule has 0 saturated carbocycles. The van der Waals surface area contributed by atoms with Gasteiger partial charge in [0.1, 0.15) is 5.69 Å². The first-order valence-electron chi connectivity index (χ1n) is 5.44. The molecular formula is C11H16N4O. The zero-order valence-corrected chi connectivity index (χ0v) is 9.60. The molecule has 0 fully saturated rings. The highest BCUT2D eigenvalue weighted by Gasteiger charge is 2.11. The average molecular weight is 220 g/mol. The largest absolute Gasteiger partial charge is 0.439 e. The van der Waals surface area contributed by atoms with Crippen molar-refractivity contribution < 1.29 is 4.42 Å². The van der Waals surface area contributed by atoms with Gasteiger partial charge in [-0.25, -0.2) is 4.98 Å². The van der Waals surface area contributed by atoms with Gasteiger partial charge in [0, 0.05) is 19.5 Å². The first-order chi connectivity index (χ1) is 7.74. The van der Waals surface area contributed by atoms with E-state index in [1.54, 1.807) is 6.20 Å². The van der Waals surface area contributed by atoms with Crippen LogP contribution in [0.2, 0.25) is 0 Å². The van der Waals surface area contributed by atoms with Crippen LogP contribution in [-0.2, 0) is 13.0 Å². The van der Waals surface area contributed by atoms with Gasteiger partial charge in [-0.2, -0.15) is 5.10 Å². The first-order valence-corrected chi connectivity index (χ1v) is 5.44. The molecule has 0 atom stereocenters. The highest BCUT2D eigenvalue weighted by molar-refractivity contribution is 5.51. The fraction of sp³-hybridized carbons (Fsp3) is 0.455. The number of rotatable bonds is 4. The smallest absolute Gasteiger partial charge is 0.196 e. The molecule has 86 valence electrons. The van der Waals surface area contributed by atoms with E-state index in [-0.39, 0.29) is 0 Å². The van der Waals surface area contributed by atoms with Gasteiger partial charge in [-0.3, -0.25) is 4.68 Å². The zero-order chi connectivity index (χ0) is 11.5. The second kappa shape index (κ2) is 4.49. The topological polar surface area (TPSA) is 69.9 Å². The average Bonchev–Trinajstić information content (AvgIpc) is 2.85. The summed E-state index contributed by atoms with van der Waals surface area (Å²) in [6.45, 7) is 5.38. The van der Waals surface area contributed by atoms with Crippen molar-refractivity contribution >= 4 is 0 Å². The van der Waals surface area contributed by atoms with Gasteiger partial charge in [-0.05, 0) is 19.9 Å². The zero-order valence-electron chi connectivity index (χ0n) is 9.60. The Morgan fingerprint density at radius 1 is 1.50 bits per heavy atom. The van der Waals surface area contributed by atoms with E-state index in [4.69, 9.17) is 10.2 Å². The predicted molar refractivity (Wildman–Crippen MR) is 60.9 cm³/mol. The Kier molecular flexibility index (Phi) is 3.05. The van der Waals surface area contributed by atoms with Gasteiger partial charge in [0.05, 0.1) is 11.9 Å². The molecule has 0 radical (unpaired) electrons. The summed E-state index contributed by atoms with van der Waals surface area (Å²) in [7, 11) is 0. The lowest BCUT2D eigenvalue weighted by Gasteiger charge is -1.99. The third-order valence-electron chi connectivity index (χ3n) is 2.37. The lowest BCUT2D eigenvalue weighted by molar-refractivity contribution is 0.501. The molecule has 2 rings (SSSR count). The van der Waals surface area contributed by atoms with Crippen molar-refractivity contribution in [3.8, 4) is 11.5 Å². The SMILES string of the molecule is CCn1nc(C)cc1-c1cnc(CCN)o1. The Labute approximate surface area is 94.3 Å². The third kappa shape index (κ3) is 1.99. The summed E-state index contributed by atoms with van der Waals surface area (Å²) >= 11 is 0. The Balaban J connectivity index is 2.34. The molecule has 0 saturated heterocycles. The van der Waals surface area contributed by atoms with Gasteiger partial charge in [0.25, 0.3) is 0 Å². The summed E-state index contributed by atoms with van der Waals surface area (Å²) in [5.74, 6) is 1.44. The summed E-state index contributed by atoms with van der Waals surface area (Å²) < 4.78 is 7.52. The van der Waals surface area contributed by atoms with Crippen LogP contribution in [0.15, 0.2) is 16.7 Å². The Bertz CT molecular complexity index is 472. The molecule has 0 spiro atoms. The first kappa shape index (κ1) is 10.9. The number of nitrogens with zero attached hydrogens (tertiary/aromatic N) is 3. The van der Waals surface area contributed by atoms with Crippen LogP contribution in [-0.4, -0.2) is 21.3 Å². The molecule has 0 unspecified atom stereocenters. The van der Waals surface area contributed by atoms with Gasteiger partial charge in [-0.15, -0.1) is 0 Å². The normalized spacial score (nSPS) is 10.9. The summed E-state index contributed by atoms with van der Waals surface area (Å²) in [5.41, 5.74) is 7.40. The highest BCUT2D eigenvalue weighted by atomic mass is 16.4. The van der Waals surface area contributed by atoms with Crippen LogP contribution in [0.4, 0.5) is 0 Å². The quantitative estimate of drug-likeness (QED) is 0.844. The van der Waals surface area contributed by atoms with E-state index in [1.165, 1.54) is 0 Å². The summed E-state index contributed by atoms with van der Waals surface area (Å²) in [6, 6.07) is 2.00. The van der Waals surface area contributed by atoms with Crippen LogP contribution < -0.4 is 5.73 Å². The molecule has 0 amide bonds. The molecule has 2 aromatic rings. The van der Waals surface area contributed by atoms with Crippen LogP contribution in [0.5, 0.6) is 0 Å². The maximum absolute atomic E-state index is 5.61. The molecule has 0 aliphatic carbocycles. The molecule has 0 aliphatic heterocycles. The minimum absolute atomic E-state index is 0.548. The van der Waals surface area contributed by atoms with Crippen LogP contribution in [0.3, 0.4) is 0 Å². The number of aromatic nitrogens is 3. The molecule has 16 heavy (non-hydrogen) atoms. The van der Waals surface area contributed by atoms with Crippen LogP contribution in [0.25, 0.3) is 11.5 Å². The van der Waals surface area contributed by atoms with E-state index in [9.17, 15) is 0 Å². The number of hydrogen-bond donors (Lipinski definition) is 1. The Morgan fingerprint density at radius 3 is 3.00 bits per heavy atom. The number of nitrogens with two attached hydrogens (primary N) is 1. The maximum Gasteiger partial charge on any atom is 0.196 e. The molecule has 2 N–H and O–H groups in total. The van der Waals surface area contributed by atoms with E-state index >= 15 is 0 Å².